The van der Waals surface area contributed by atoms with E-state index in [1.807, 2.05) is 38.1 Å². The third kappa shape index (κ3) is 4.34. The fraction of sp³-hybridized carbons (Fsp3) is 0.250. The lowest BCUT2D eigenvalue weighted by atomic mass is 10.1. The Morgan fingerprint density at radius 2 is 2.04 bits per heavy atom. The Labute approximate surface area is 148 Å². The highest BCUT2D eigenvalue weighted by molar-refractivity contribution is 8.01. The molecule has 3 N–H and O–H groups in total. The number of aromatic nitrogens is 2. The SMILES string of the molecule is CC(N)=C(C#N)C(=O)CSc1nnc(Nc2c(C)cccc2C)s1. The maximum absolute atomic E-state index is 11.9. The summed E-state index contributed by atoms with van der Waals surface area (Å²) in [7, 11) is 0. The van der Waals surface area contributed by atoms with Crippen LogP contribution in [0.4, 0.5) is 10.8 Å². The zero-order valence-corrected chi connectivity index (χ0v) is 15.2. The average Bonchev–Trinajstić information content (AvgIpc) is 2.97. The molecular formula is C16H17N5OS2. The molecule has 0 saturated heterocycles. The number of Topliss-reactive ketones (excluding diaryl/α,β-unsaturated/α-hetero) is 1. The van der Waals surface area contributed by atoms with Crippen LogP contribution in [-0.2, 0) is 4.79 Å². The molecule has 6 nitrogen and oxygen atoms in total. The summed E-state index contributed by atoms with van der Waals surface area (Å²) in [5.74, 6) is -0.197. The fourth-order valence-electron chi connectivity index (χ4n) is 2.01. The van der Waals surface area contributed by atoms with Crippen molar-refractivity contribution in [1.82, 2.24) is 10.2 Å². The van der Waals surface area contributed by atoms with E-state index in [1.165, 1.54) is 23.1 Å². The maximum atomic E-state index is 11.9. The van der Waals surface area contributed by atoms with Crippen LogP contribution in [0.2, 0.25) is 0 Å². The second-order valence-corrected chi connectivity index (χ2v) is 7.35. The number of thioether (sulfide) groups is 1. The highest BCUT2D eigenvalue weighted by atomic mass is 32.2. The Balaban J connectivity index is 2.03. The van der Waals surface area contributed by atoms with E-state index in [9.17, 15) is 4.79 Å². The van der Waals surface area contributed by atoms with Crippen LogP contribution in [0.25, 0.3) is 0 Å². The van der Waals surface area contributed by atoms with Gasteiger partial charge in [-0.25, -0.2) is 0 Å². The molecule has 8 heteroatoms. The molecule has 0 amide bonds. The number of rotatable bonds is 6. The number of carbonyl (C=O) groups is 1. The van der Waals surface area contributed by atoms with Gasteiger partial charge in [-0.15, -0.1) is 10.2 Å². The smallest absolute Gasteiger partial charge is 0.210 e. The number of para-hydroxylation sites is 1. The van der Waals surface area contributed by atoms with Gasteiger partial charge in [-0.05, 0) is 31.9 Å². The molecule has 0 spiro atoms. The molecule has 0 atom stereocenters. The second-order valence-electron chi connectivity index (χ2n) is 5.15. The molecule has 1 aromatic heterocycles. The zero-order valence-electron chi connectivity index (χ0n) is 13.6. The number of allylic oxidation sites excluding steroid dienone is 2. The summed E-state index contributed by atoms with van der Waals surface area (Å²) in [6, 6.07) is 7.88. The van der Waals surface area contributed by atoms with E-state index < -0.39 is 0 Å². The summed E-state index contributed by atoms with van der Waals surface area (Å²) in [6.45, 7) is 5.59. The van der Waals surface area contributed by atoms with E-state index in [4.69, 9.17) is 11.0 Å². The van der Waals surface area contributed by atoms with E-state index >= 15 is 0 Å². The summed E-state index contributed by atoms with van der Waals surface area (Å²) in [6.07, 6.45) is 0. The van der Waals surface area contributed by atoms with Gasteiger partial charge in [0.1, 0.15) is 11.6 Å². The van der Waals surface area contributed by atoms with Crippen LogP contribution < -0.4 is 11.1 Å². The predicted molar refractivity (Wildman–Crippen MR) is 97.3 cm³/mol. The second kappa shape index (κ2) is 7.95. The Kier molecular flexibility index (Phi) is 5.95. The number of anilines is 2. The van der Waals surface area contributed by atoms with Crippen molar-refractivity contribution in [2.75, 3.05) is 11.1 Å². The van der Waals surface area contributed by atoms with Gasteiger partial charge < -0.3 is 11.1 Å². The van der Waals surface area contributed by atoms with Crippen LogP contribution in [0.3, 0.4) is 0 Å². The monoisotopic (exact) mass is 359 g/mol. The number of nitrogens with zero attached hydrogens (tertiary/aromatic N) is 3. The van der Waals surface area contributed by atoms with Crippen molar-refractivity contribution in [3.8, 4) is 6.07 Å². The van der Waals surface area contributed by atoms with Gasteiger partial charge in [0.15, 0.2) is 10.1 Å². The van der Waals surface area contributed by atoms with E-state index in [2.05, 4.69) is 15.5 Å². The molecule has 0 aliphatic heterocycles. The van der Waals surface area contributed by atoms with Crippen LogP contribution in [0.5, 0.6) is 0 Å². The van der Waals surface area contributed by atoms with Gasteiger partial charge >= 0.3 is 0 Å². The summed E-state index contributed by atoms with van der Waals surface area (Å²) < 4.78 is 0.657. The predicted octanol–water partition coefficient (Wildman–Crippen LogP) is 3.32. The fourth-order valence-corrected chi connectivity index (χ4v) is 3.64. The molecule has 1 aromatic carbocycles. The minimum absolute atomic E-state index is 0.000832. The van der Waals surface area contributed by atoms with Crippen molar-refractivity contribution in [2.45, 2.75) is 25.1 Å². The minimum atomic E-state index is -0.304. The Morgan fingerprint density at radius 3 is 2.62 bits per heavy atom. The van der Waals surface area contributed by atoms with Gasteiger partial charge in [0, 0.05) is 11.4 Å². The van der Waals surface area contributed by atoms with E-state index in [-0.39, 0.29) is 22.8 Å². The lowest BCUT2D eigenvalue weighted by Crippen LogP contribution is -2.10. The van der Waals surface area contributed by atoms with Gasteiger partial charge in [0.25, 0.3) is 0 Å². The first-order chi connectivity index (χ1) is 11.4. The molecule has 1 heterocycles. The van der Waals surface area contributed by atoms with Crippen LogP contribution in [-0.4, -0.2) is 21.7 Å². The van der Waals surface area contributed by atoms with E-state index in [1.54, 1.807) is 6.92 Å². The van der Waals surface area contributed by atoms with Gasteiger partial charge in [-0.2, -0.15) is 5.26 Å². The highest BCUT2D eigenvalue weighted by Gasteiger charge is 2.14. The van der Waals surface area contributed by atoms with Crippen molar-refractivity contribution >= 4 is 39.7 Å². The molecule has 124 valence electrons. The molecule has 0 aliphatic carbocycles. The third-order valence-electron chi connectivity index (χ3n) is 3.23. The average molecular weight is 359 g/mol. The molecule has 0 bridgehead atoms. The topological polar surface area (TPSA) is 105 Å². The van der Waals surface area contributed by atoms with Crippen LogP contribution in [0, 0.1) is 25.2 Å². The number of nitrogens with two attached hydrogens (primary N) is 1. The molecule has 24 heavy (non-hydrogen) atoms. The van der Waals surface area contributed by atoms with Crippen LogP contribution >= 0.6 is 23.1 Å². The molecule has 0 fully saturated rings. The third-order valence-corrected chi connectivity index (χ3v) is 5.20. The van der Waals surface area contributed by atoms with Crippen molar-refractivity contribution in [3.63, 3.8) is 0 Å². The first-order valence-electron chi connectivity index (χ1n) is 7.11. The zero-order chi connectivity index (χ0) is 17.7. The van der Waals surface area contributed by atoms with E-state index in [0.29, 0.717) is 9.47 Å². The number of ketones is 1. The number of nitriles is 1. The van der Waals surface area contributed by atoms with Crippen molar-refractivity contribution in [1.29, 1.82) is 5.26 Å². The summed E-state index contributed by atoms with van der Waals surface area (Å²) in [4.78, 5) is 11.9. The van der Waals surface area contributed by atoms with Crippen molar-refractivity contribution in [2.24, 2.45) is 5.73 Å². The Hall–Kier alpha value is -2.37. The van der Waals surface area contributed by atoms with Crippen molar-refractivity contribution in [3.05, 3.63) is 40.6 Å². The standard InChI is InChI=1S/C16H17N5OS2/c1-9-5-4-6-10(2)14(9)19-15-20-21-16(24-15)23-8-13(22)12(7-17)11(3)18/h4-6H,8,18H2,1-3H3,(H,19,20). The van der Waals surface area contributed by atoms with E-state index in [0.717, 1.165) is 16.8 Å². The number of aryl methyl sites for hydroxylation is 2. The Bertz CT molecular complexity index is 811. The summed E-state index contributed by atoms with van der Waals surface area (Å²) >= 11 is 2.61. The summed E-state index contributed by atoms with van der Waals surface area (Å²) in [5.41, 5.74) is 9.02. The molecule has 0 aliphatic rings. The number of hydrogen-bond acceptors (Lipinski definition) is 8. The van der Waals surface area contributed by atoms with Crippen LogP contribution in [0.1, 0.15) is 18.1 Å². The molecule has 0 radical (unpaired) electrons. The van der Waals surface area contributed by atoms with Gasteiger partial charge in [-0.1, -0.05) is 41.3 Å². The van der Waals surface area contributed by atoms with Gasteiger partial charge in [-0.3, -0.25) is 4.79 Å². The molecule has 0 saturated carbocycles. The quantitative estimate of drug-likeness (QED) is 0.463. The number of benzene rings is 1. The van der Waals surface area contributed by atoms with Gasteiger partial charge in [0.05, 0.1) is 5.75 Å². The lowest BCUT2D eigenvalue weighted by molar-refractivity contribution is -0.112. The number of hydrogen-bond donors (Lipinski definition) is 2. The molecule has 2 aromatic rings. The first-order valence-corrected chi connectivity index (χ1v) is 8.91. The Morgan fingerprint density at radius 1 is 1.38 bits per heavy atom. The van der Waals surface area contributed by atoms with Gasteiger partial charge in [0.2, 0.25) is 5.13 Å². The minimum Gasteiger partial charge on any atom is -0.401 e. The molecule has 0 unspecified atom stereocenters. The molecular weight excluding hydrogens is 342 g/mol. The first kappa shape index (κ1) is 18.0. The highest BCUT2D eigenvalue weighted by Crippen LogP contribution is 2.30. The van der Waals surface area contributed by atoms with Crippen molar-refractivity contribution < 1.29 is 4.79 Å². The van der Waals surface area contributed by atoms with Crippen LogP contribution in [0.15, 0.2) is 33.8 Å². The largest absolute Gasteiger partial charge is 0.401 e. The number of nitrogens with one attached hydrogen (secondary N) is 1. The normalized spacial score (nSPS) is 11.6. The summed E-state index contributed by atoms with van der Waals surface area (Å²) in [5, 5.41) is 21.0. The maximum Gasteiger partial charge on any atom is 0.210 e. The number of carbonyl (C=O) groups excluding carboxylic acids is 1. The lowest BCUT2D eigenvalue weighted by Gasteiger charge is -2.09. The molecule has 2 rings (SSSR count).